The molecular formula is C14H25NO4. The Morgan fingerprint density at radius 2 is 2.05 bits per heavy atom. The van der Waals surface area contributed by atoms with Gasteiger partial charge in [-0.3, -0.25) is 14.5 Å². The summed E-state index contributed by atoms with van der Waals surface area (Å²) < 4.78 is 9.99. The van der Waals surface area contributed by atoms with Gasteiger partial charge in [-0.25, -0.2) is 0 Å². The lowest BCUT2D eigenvalue weighted by atomic mass is 9.98. The van der Waals surface area contributed by atoms with Crippen LogP contribution in [0.15, 0.2) is 0 Å². The maximum Gasteiger partial charge on any atom is 0.323 e. The molecule has 1 heterocycles. The maximum absolute atomic E-state index is 12.1. The molecule has 0 N–H and O–H groups in total. The van der Waals surface area contributed by atoms with Gasteiger partial charge in [-0.2, -0.15) is 0 Å². The van der Waals surface area contributed by atoms with Gasteiger partial charge >= 0.3 is 11.9 Å². The summed E-state index contributed by atoms with van der Waals surface area (Å²) in [6.45, 7) is 4.96. The first-order valence-corrected chi connectivity index (χ1v) is 7.15. The minimum Gasteiger partial charge on any atom is -0.468 e. The number of piperidine rings is 1. The van der Waals surface area contributed by atoms with Gasteiger partial charge < -0.3 is 9.47 Å². The highest BCUT2D eigenvalue weighted by molar-refractivity contribution is 5.79. The zero-order chi connectivity index (χ0) is 14.3. The van der Waals surface area contributed by atoms with Crippen LogP contribution in [0.4, 0.5) is 0 Å². The lowest BCUT2D eigenvalue weighted by Crippen LogP contribution is -2.53. The molecule has 1 saturated heterocycles. The molecule has 1 fully saturated rings. The number of hydrogen-bond donors (Lipinski definition) is 0. The van der Waals surface area contributed by atoms with Crippen LogP contribution in [0.2, 0.25) is 0 Å². The van der Waals surface area contributed by atoms with E-state index >= 15 is 0 Å². The van der Waals surface area contributed by atoms with E-state index in [1.165, 1.54) is 7.11 Å². The Hall–Kier alpha value is -1.10. The molecule has 1 rings (SSSR count). The Balaban J connectivity index is 2.83. The summed E-state index contributed by atoms with van der Waals surface area (Å²) in [7, 11) is 1.40. The fraction of sp³-hybridized carbons (Fsp3) is 0.857. The van der Waals surface area contributed by atoms with Crippen molar-refractivity contribution in [3.05, 3.63) is 0 Å². The Morgan fingerprint density at radius 1 is 1.32 bits per heavy atom. The number of ether oxygens (including phenoxy) is 2. The minimum atomic E-state index is -0.325. The van der Waals surface area contributed by atoms with E-state index in [0.29, 0.717) is 13.0 Å². The second-order valence-corrected chi connectivity index (χ2v) is 4.83. The molecular weight excluding hydrogens is 246 g/mol. The van der Waals surface area contributed by atoms with Gasteiger partial charge in [0.15, 0.2) is 0 Å². The number of esters is 2. The van der Waals surface area contributed by atoms with Crippen LogP contribution in [0.3, 0.4) is 0 Å². The first kappa shape index (κ1) is 16.0. The third-order valence-corrected chi connectivity index (χ3v) is 3.54. The maximum atomic E-state index is 12.1. The van der Waals surface area contributed by atoms with Crippen LogP contribution in [0, 0.1) is 0 Å². The van der Waals surface area contributed by atoms with E-state index in [0.717, 1.165) is 32.2 Å². The van der Waals surface area contributed by atoms with Crippen LogP contribution >= 0.6 is 0 Å². The van der Waals surface area contributed by atoms with Gasteiger partial charge in [0.1, 0.15) is 12.1 Å². The van der Waals surface area contributed by atoms with E-state index < -0.39 is 0 Å². The van der Waals surface area contributed by atoms with Gasteiger partial charge in [0.05, 0.1) is 13.7 Å². The Morgan fingerprint density at radius 3 is 2.63 bits per heavy atom. The van der Waals surface area contributed by atoms with Crippen LogP contribution in [0.5, 0.6) is 0 Å². The van der Waals surface area contributed by atoms with Gasteiger partial charge in [-0.05, 0) is 32.7 Å². The monoisotopic (exact) mass is 271 g/mol. The van der Waals surface area contributed by atoms with Crippen LogP contribution in [-0.4, -0.2) is 49.2 Å². The van der Waals surface area contributed by atoms with Crippen molar-refractivity contribution in [3.63, 3.8) is 0 Å². The molecule has 0 saturated carbocycles. The van der Waals surface area contributed by atoms with Crippen LogP contribution in [0.25, 0.3) is 0 Å². The molecule has 19 heavy (non-hydrogen) atoms. The predicted molar refractivity (Wildman–Crippen MR) is 71.7 cm³/mol. The van der Waals surface area contributed by atoms with Crippen molar-refractivity contribution in [1.29, 1.82) is 0 Å². The van der Waals surface area contributed by atoms with Crippen molar-refractivity contribution in [1.82, 2.24) is 4.90 Å². The largest absolute Gasteiger partial charge is 0.468 e. The first-order chi connectivity index (χ1) is 9.15. The lowest BCUT2D eigenvalue weighted by molar-refractivity contribution is -0.158. The highest BCUT2D eigenvalue weighted by Gasteiger charge is 2.37. The zero-order valence-electron chi connectivity index (χ0n) is 12.2. The number of rotatable bonds is 6. The van der Waals surface area contributed by atoms with Crippen molar-refractivity contribution < 1.29 is 19.1 Å². The summed E-state index contributed by atoms with van der Waals surface area (Å²) in [5.41, 5.74) is 0. The number of hydrogen-bond acceptors (Lipinski definition) is 5. The van der Waals surface area contributed by atoms with Crippen LogP contribution in [0.1, 0.15) is 46.0 Å². The van der Waals surface area contributed by atoms with E-state index in [-0.39, 0.29) is 24.0 Å². The van der Waals surface area contributed by atoms with E-state index in [1.807, 2.05) is 11.8 Å². The molecule has 1 aliphatic heterocycles. The number of likely N-dealkylation sites (tertiary alicyclic amines) is 1. The summed E-state index contributed by atoms with van der Waals surface area (Å²) in [4.78, 5) is 25.9. The van der Waals surface area contributed by atoms with Crippen molar-refractivity contribution in [2.75, 3.05) is 20.3 Å². The standard InChI is InChI=1S/C14H25NO4/c1-4-8-11(14(17)19-5-2)15-10-7-6-9-12(15)13(16)18-3/h11-12H,4-10H2,1-3H3. The summed E-state index contributed by atoms with van der Waals surface area (Å²) in [5, 5.41) is 0. The normalized spacial score (nSPS) is 21.7. The molecule has 0 amide bonds. The summed E-state index contributed by atoms with van der Waals surface area (Å²) in [6.07, 6.45) is 4.36. The average molecular weight is 271 g/mol. The summed E-state index contributed by atoms with van der Waals surface area (Å²) >= 11 is 0. The predicted octanol–water partition coefficient (Wildman–Crippen LogP) is 1.75. The fourth-order valence-electron chi connectivity index (χ4n) is 2.65. The molecule has 1 aliphatic rings. The Labute approximate surface area is 115 Å². The van der Waals surface area contributed by atoms with Crippen LogP contribution < -0.4 is 0 Å². The van der Waals surface area contributed by atoms with Crippen molar-refractivity contribution >= 4 is 11.9 Å². The van der Waals surface area contributed by atoms with E-state index in [1.54, 1.807) is 6.92 Å². The molecule has 0 aromatic carbocycles. The SMILES string of the molecule is CCCC(C(=O)OCC)N1CCCCC1C(=O)OC. The summed E-state index contributed by atoms with van der Waals surface area (Å²) in [5.74, 6) is -0.467. The smallest absolute Gasteiger partial charge is 0.323 e. The zero-order valence-corrected chi connectivity index (χ0v) is 12.2. The molecule has 0 spiro atoms. The number of carbonyl (C=O) groups excluding carboxylic acids is 2. The molecule has 5 nitrogen and oxygen atoms in total. The quantitative estimate of drug-likeness (QED) is 0.689. The second-order valence-electron chi connectivity index (χ2n) is 4.83. The first-order valence-electron chi connectivity index (χ1n) is 7.15. The van der Waals surface area contributed by atoms with Crippen molar-refractivity contribution in [2.24, 2.45) is 0 Å². The Bertz CT molecular complexity index is 306. The van der Waals surface area contributed by atoms with E-state index in [9.17, 15) is 9.59 Å². The molecule has 0 radical (unpaired) electrons. The third-order valence-electron chi connectivity index (χ3n) is 3.54. The lowest BCUT2D eigenvalue weighted by Gasteiger charge is -2.38. The molecule has 2 unspecified atom stereocenters. The van der Waals surface area contributed by atoms with Crippen LogP contribution in [-0.2, 0) is 19.1 Å². The average Bonchev–Trinajstić information content (AvgIpc) is 2.44. The van der Waals surface area contributed by atoms with Crippen molar-refractivity contribution in [3.8, 4) is 0 Å². The molecule has 0 aromatic heterocycles. The number of methoxy groups -OCH3 is 1. The van der Waals surface area contributed by atoms with Gasteiger partial charge in [0, 0.05) is 0 Å². The minimum absolute atomic E-state index is 0.222. The van der Waals surface area contributed by atoms with Gasteiger partial charge in [0.2, 0.25) is 0 Å². The van der Waals surface area contributed by atoms with Gasteiger partial charge in [-0.15, -0.1) is 0 Å². The Kier molecular flexibility index (Phi) is 6.84. The number of carbonyl (C=O) groups is 2. The second kappa shape index (κ2) is 8.15. The molecule has 0 bridgehead atoms. The fourth-order valence-corrected chi connectivity index (χ4v) is 2.65. The third kappa shape index (κ3) is 4.20. The van der Waals surface area contributed by atoms with E-state index in [4.69, 9.17) is 9.47 Å². The summed E-state index contributed by atoms with van der Waals surface area (Å²) in [6, 6.07) is -0.631. The molecule has 0 aliphatic carbocycles. The topological polar surface area (TPSA) is 55.8 Å². The highest BCUT2D eigenvalue weighted by Crippen LogP contribution is 2.23. The molecule has 2 atom stereocenters. The van der Waals surface area contributed by atoms with E-state index in [2.05, 4.69) is 0 Å². The van der Waals surface area contributed by atoms with Gasteiger partial charge in [-0.1, -0.05) is 19.8 Å². The number of nitrogens with zero attached hydrogens (tertiary/aromatic N) is 1. The molecule has 0 aromatic rings. The van der Waals surface area contributed by atoms with Crippen molar-refractivity contribution in [2.45, 2.75) is 58.0 Å². The highest BCUT2D eigenvalue weighted by atomic mass is 16.5. The van der Waals surface area contributed by atoms with Gasteiger partial charge in [0.25, 0.3) is 0 Å². The molecule has 110 valence electrons. The molecule has 5 heteroatoms.